The fourth-order valence-corrected chi connectivity index (χ4v) is 2.31. The van der Waals surface area contributed by atoms with Crippen LogP contribution in [-0.4, -0.2) is 48.4 Å². The maximum atomic E-state index is 5.43. The summed E-state index contributed by atoms with van der Waals surface area (Å²) in [4.78, 5) is 12.5. The van der Waals surface area contributed by atoms with Gasteiger partial charge in [-0.15, -0.1) is 0 Å². The maximum Gasteiger partial charge on any atom is 0.322 e. The van der Waals surface area contributed by atoms with Crippen molar-refractivity contribution in [2.24, 2.45) is 5.41 Å². The lowest BCUT2D eigenvalue weighted by molar-refractivity contribution is -0.0796. The third kappa shape index (κ3) is 2.56. The Balaban J connectivity index is 2.12. The molecule has 106 valence electrons. The lowest BCUT2D eigenvalue weighted by Gasteiger charge is -2.51. The van der Waals surface area contributed by atoms with E-state index in [2.05, 4.69) is 39.4 Å². The van der Waals surface area contributed by atoms with E-state index < -0.39 is 0 Å². The summed E-state index contributed by atoms with van der Waals surface area (Å²) in [5.74, 6) is 0.999. The summed E-state index contributed by atoms with van der Waals surface area (Å²) in [6, 6.07) is 0.566. The molecule has 19 heavy (non-hydrogen) atoms. The minimum Gasteiger partial charge on any atom is -0.467 e. The van der Waals surface area contributed by atoms with Gasteiger partial charge >= 0.3 is 6.01 Å². The summed E-state index contributed by atoms with van der Waals surface area (Å²) in [5.41, 5.74) is 0.0500. The molecule has 1 aromatic rings. The fraction of sp³-hybridized carbons (Fsp3) is 0.750. The highest BCUT2D eigenvalue weighted by Gasteiger charge is 2.48. The van der Waals surface area contributed by atoms with E-state index in [-0.39, 0.29) is 17.6 Å². The number of anilines is 2. The first-order chi connectivity index (χ1) is 9.01. The number of nitrogens with one attached hydrogen (secondary N) is 2. The molecule has 1 heterocycles. The molecule has 7 nitrogen and oxygen atoms in total. The lowest BCUT2D eigenvalue weighted by Crippen LogP contribution is -2.57. The molecule has 2 atom stereocenters. The minimum absolute atomic E-state index is 0.0500. The van der Waals surface area contributed by atoms with E-state index in [0.717, 1.165) is 6.42 Å². The molecule has 0 bridgehead atoms. The second-order valence-electron chi connectivity index (χ2n) is 5.20. The van der Waals surface area contributed by atoms with Crippen LogP contribution in [0.4, 0.5) is 11.9 Å². The number of hydrogen-bond donors (Lipinski definition) is 2. The summed E-state index contributed by atoms with van der Waals surface area (Å²) >= 11 is 0. The predicted octanol–water partition coefficient (Wildman–Crippen LogP) is 1.15. The van der Waals surface area contributed by atoms with Gasteiger partial charge in [-0.25, -0.2) is 0 Å². The molecule has 0 amide bonds. The van der Waals surface area contributed by atoms with Crippen molar-refractivity contribution in [2.45, 2.75) is 32.4 Å². The van der Waals surface area contributed by atoms with Crippen LogP contribution in [0.2, 0.25) is 0 Å². The van der Waals surface area contributed by atoms with Crippen LogP contribution in [0.5, 0.6) is 6.01 Å². The normalized spacial score (nSPS) is 24.5. The molecule has 1 aliphatic carbocycles. The Labute approximate surface area is 113 Å². The summed E-state index contributed by atoms with van der Waals surface area (Å²) in [5, 5.41) is 6.21. The molecule has 1 aromatic heterocycles. The molecule has 0 radical (unpaired) electrons. The van der Waals surface area contributed by atoms with E-state index in [1.54, 1.807) is 14.2 Å². The van der Waals surface area contributed by atoms with Crippen molar-refractivity contribution < 1.29 is 9.47 Å². The Morgan fingerprint density at radius 2 is 1.84 bits per heavy atom. The smallest absolute Gasteiger partial charge is 0.322 e. The van der Waals surface area contributed by atoms with Gasteiger partial charge in [-0.2, -0.15) is 15.0 Å². The SMILES string of the molecule is CNc1nc(NC2CC(OC)C2(C)C)nc(OC)n1. The number of aromatic nitrogens is 3. The summed E-state index contributed by atoms with van der Waals surface area (Å²) < 4.78 is 10.5. The number of rotatable bonds is 5. The highest BCUT2D eigenvalue weighted by Crippen LogP contribution is 2.43. The van der Waals surface area contributed by atoms with Gasteiger partial charge in [-0.1, -0.05) is 13.8 Å². The van der Waals surface area contributed by atoms with Gasteiger partial charge in [0.05, 0.1) is 13.2 Å². The Bertz CT molecular complexity index is 429. The van der Waals surface area contributed by atoms with Crippen molar-refractivity contribution in [3.8, 4) is 6.01 Å². The number of methoxy groups -OCH3 is 2. The standard InChI is InChI=1S/C12H21N5O2/c1-12(2)7(6-8(12)18-4)14-10-15-9(13-3)16-11(17-10)19-5/h7-8H,6H2,1-5H3,(H2,13,14,15,16,17). The number of hydrogen-bond acceptors (Lipinski definition) is 7. The average molecular weight is 267 g/mol. The van der Waals surface area contributed by atoms with E-state index in [1.807, 2.05) is 0 Å². The van der Waals surface area contributed by atoms with Crippen LogP contribution >= 0.6 is 0 Å². The first-order valence-electron chi connectivity index (χ1n) is 6.28. The van der Waals surface area contributed by atoms with Crippen LogP contribution in [0.25, 0.3) is 0 Å². The first kappa shape index (κ1) is 13.8. The van der Waals surface area contributed by atoms with E-state index >= 15 is 0 Å². The second-order valence-corrected chi connectivity index (χ2v) is 5.20. The number of nitrogens with zero attached hydrogens (tertiary/aromatic N) is 3. The van der Waals surface area contributed by atoms with Crippen LogP contribution < -0.4 is 15.4 Å². The van der Waals surface area contributed by atoms with Crippen LogP contribution in [0.3, 0.4) is 0 Å². The molecule has 0 aromatic carbocycles. The topological polar surface area (TPSA) is 81.2 Å². The first-order valence-corrected chi connectivity index (χ1v) is 6.28. The van der Waals surface area contributed by atoms with Crippen LogP contribution in [-0.2, 0) is 4.74 Å². The average Bonchev–Trinajstić information content (AvgIpc) is 2.42. The molecule has 1 fully saturated rings. The quantitative estimate of drug-likeness (QED) is 0.828. The number of ether oxygens (including phenoxy) is 2. The molecule has 7 heteroatoms. The molecule has 2 rings (SSSR count). The lowest BCUT2D eigenvalue weighted by atomic mass is 9.64. The molecular weight excluding hydrogens is 246 g/mol. The Kier molecular flexibility index (Phi) is 3.75. The van der Waals surface area contributed by atoms with Crippen LogP contribution in [0.1, 0.15) is 20.3 Å². The second kappa shape index (κ2) is 5.16. The highest BCUT2D eigenvalue weighted by molar-refractivity contribution is 5.37. The third-order valence-corrected chi connectivity index (χ3v) is 3.79. The van der Waals surface area contributed by atoms with Gasteiger partial charge in [0.15, 0.2) is 0 Å². The Morgan fingerprint density at radius 3 is 2.37 bits per heavy atom. The van der Waals surface area contributed by atoms with Gasteiger partial charge < -0.3 is 20.1 Å². The van der Waals surface area contributed by atoms with Gasteiger partial charge in [0.2, 0.25) is 11.9 Å². The maximum absolute atomic E-state index is 5.43. The van der Waals surface area contributed by atoms with Crippen molar-refractivity contribution >= 4 is 11.9 Å². The molecular formula is C12H21N5O2. The van der Waals surface area contributed by atoms with Gasteiger partial charge in [-0.05, 0) is 6.42 Å². The predicted molar refractivity (Wildman–Crippen MR) is 72.5 cm³/mol. The molecule has 0 saturated heterocycles. The van der Waals surface area contributed by atoms with Crippen LogP contribution in [0, 0.1) is 5.41 Å². The van der Waals surface area contributed by atoms with E-state index in [4.69, 9.17) is 9.47 Å². The summed E-state index contributed by atoms with van der Waals surface area (Å²) in [6.07, 6.45) is 1.20. The van der Waals surface area contributed by atoms with Crippen molar-refractivity contribution in [1.82, 2.24) is 15.0 Å². The monoisotopic (exact) mass is 267 g/mol. The zero-order chi connectivity index (χ0) is 14.0. The molecule has 2 N–H and O–H groups in total. The zero-order valence-electron chi connectivity index (χ0n) is 12.0. The van der Waals surface area contributed by atoms with E-state index in [0.29, 0.717) is 17.9 Å². The molecule has 1 saturated carbocycles. The van der Waals surface area contributed by atoms with Crippen molar-refractivity contribution in [3.05, 3.63) is 0 Å². The summed E-state index contributed by atoms with van der Waals surface area (Å²) in [6.45, 7) is 4.33. The van der Waals surface area contributed by atoms with Crippen LogP contribution in [0.15, 0.2) is 0 Å². The van der Waals surface area contributed by atoms with Gasteiger partial charge in [0.25, 0.3) is 0 Å². The molecule has 0 aliphatic heterocycles. The minimum atomic E-state index is 0.0500. The Morgan fingerprint density at radius 1 is 1.16 bits per heavy atom. The van der Waals surface area contributed by atoms with Crippen molar-refractivity contribution in [2.75, 3.05) is 31.9 Å². The Hall–Kier alpha value is -1.63. The zero-order valence-corrected chi connectivity index (χ0v) is 12.0. The van der Waals surface area contributed by atoms with Crippen molar-refractivity contribution in [3.63, 3.8) is 0 Å². The van der Waals surface area contributed by atoms with E-state index in [9.17, 15) is 0 Å². The molecule has 1 aliphatic rings. The third-order valence-electron chi connectivity index (χ3n) is 3.79. The molecule has 2 unspecified atom stereocenters. The highest BCUT2D eigenvalue weighted by atomic mass is 16.5. The summed E-state index contributed by atoms with van der Waals surface area (Å²) in [7, 11) is 5.04. The fourth-order valence-electron chi connectivity index (χ4n) is 2.31. The van der Waals surface area contributed by atoms with Crippen molar-refractivity contribution in [1.29, 1.82) is 0 Å². The van der Waals surface area contributed by atoms with E-state index in [1.165, 1.54) is 7.11 Å². The van der Waals surface area contributed by atoms with Gasteiger partial charge in [0, 0.05) is 25.6 Å². The van der Waals surface area contributed by atoms with Gasteiger partial charge in [-0.3, -0.25) is 0 Å². The largest absolute Gasteiger partial charge is 0.467 e. The van der Waals surface area contributed by atoms with Gasteiger partial charge in [0.1, 0.15) is 0 Å². The molecule has 0 spiro atoms.